The monoisotopic (exact) mass is 362 g/mol. The normalized spacial score (nSPS) is 10.0. The summed E-state index contributed by atoms with van der Waals surface area (Å²) in [6.45, 7) is 2.40. The summed E-state index contributed by atoms with van der Waals surface area (Å²) >= 11 is 5.76. The van der Waals surface area contributed by atoms with Gasteiger partial charge in [-0.15, -0.1) is 0 Å². The van der Waals surface area contributed by atoms with E-state index in [-0.39, 0.29) is 6.61 Å². The maximum absolute atomic E-state index is 12.0. The average Bonchev–Trinajstić information content (AvgIpc) is 2.64. The Balaban J connectivity index is 1.74. The molecule has 2 aromatic rings. The summed E-state index contributed by atoms with van der Waals surface area (Å²) in [7, 11) is 0. The molecular formula is C18H19ClN2O4. The summed E-state index contributed by atoms with van der Waals surface area (Å²) in [5, 5.41) is 0.579. The van der Waals surface area contributed by atoms with Crippen molar-refractivity contribution in [3.05, 3.63) is 59.1 Å². The predicted octanol–water partition coefficient (Wildman–Crippen LogP) is 2.97. The first-order valence-corrected chi connectivity index (χ1v) is 8.16. The van der Waals surface area contributed by atoms with Gasteiger partial charge in [-0.05, 0) is 55.0 Å². The lowest BCUT2D eigenvalue weighted by Crippen LogP contribution is -2.43. The molecule has 0 aromatic heterocycles. The third-order valence-electron chi connectivity index (χ3n) is 3.09. The van der Waals surface area contributed by atoms with Gasteiger partial charge in [-0.25, -0.2) is 0 Å². The van der Waals surface area contributed by atoms with Crippen LogP contribution < -0.4 is 20.3 Å². The van der Waals surface area contributed by atoms with E-state index in [1.807, 2.05) is 6.92 Å². The second-order valence-electron chi connectivity index (χ2n) is 5.12. The van der Waals surface area contributed by atoms with E-state index in [9.17, 15) is 9.59 Å². The van der Waals surface area contributed by atoms with Crippen LogP contribution in [0.15, 0.2) is 48.5 Å². The van der Waals surface area contributed by atoms with Crippen molar-refractivity contribution in [3.8, 4) is 11.5 Å². The number of carbonyl (C=O) groups excluding carboxylic acids is 2. The van der Waals surface area contributed by atoms with Gasteiger partial charge in [0.15, 0.2) is 6.61 Å². The van der Waals surface area contributed by atoms with Gasteiger partial charge in [-0.3, -0.25) is 20.4 Å². The predicted molar refractivity (Wildman–Crippen MR) is 94.8 cm³/mol. The number of hydrazine groups is 1. The molecule has 0 bridgehead atoms. The number of hydrogen-bond donors (Lipinski definition) is 2. The van der Waals surface area contributed by atoms with E-state index in [0.29, 0.717) is 28.7 Å². The van der Waals surface area contributed by atoms with Crippen molar-refractivity contribution in [2.24, 2.45) is 0 Å². The van der Waals surface area contributed by atoms with E-state index in [2.05, 4.69) is 10.9 Å². The number of benzene rings is 2. The molecular weight excluding hydrogens is 344 g/mol. The summed E-state index contributed by atoms with van der Waals surface area (Å²) in [6, 6.07) is 13.3. The van der Waals surface area contributed by atoms with E-state index >= 15 is 0 Å². The minimum atomic E-state index is -0.480. The summed E-state index contributed by atoms with van der Waals surface area (Å²) in [6.07, 6.45) is 0.909. The molecule has 2 rings (SSSR count). The lowest BCUT2D eigenvalue weighted by Gasteiger charge is -2.09. The standard InChI is InChI=1S/C18H19ClN2O4/c1-2-11-24-15-7-3-13(4-8-15)18(23)21-20-17(22)12-25-16-9-5-14(19)6-10-16/h3-10H,2,11-12H2,1H3,(H,20,22)(H,21,23). The van der Waals surface area contributed by atoms with Gasteiger partial charge in [0.2, 0.25) is 0 Å². The molecule has 0 saturated heterocycles. The second-order valence-corrected chi connectivity index (χ2v) is 5.55. The molecule has 0 aliphatic heterocycles. The number of rotatable bonds is 7. The van der Waals surface area contributed by atoms with Gasteiger partial charge >= 0.3 is 0 Å². The largest absolute Gasteiger partial charge is 0.494 e. The molecule has 0 unspecified atom stereocenters. The average molecular weight is 363 g/mol. The van der Waals surface area contributed by atoms with E-state index in [4.69, 9.17) is 21.1 Å². The van der Waals surface area contributed by atoms with Crippen LogP contribution in [0.5, 0.6) is 11.5 Å². The van der Waals surface area contributed by atoms with Crippen molar-refractivity contribution in [2.75, 3.05) is 13.2 Å². The lowest BCUT2D eigenvalue weighted by molar-refractivity contribution is -0.123. The number of hydrogen-bond acceptors (Lipinski definition) is 4. The Morgan fingerprint density at radius 1 is 0.920 bits per heavy atom. The molecule has 2 N–H and O–H groups in total. The minimum Gasteiger partial charge on any atom is -0.494 e. The van der Waals surface area contributed by atoms with Crippen molar-refractivity contribution in [3.63, 3.8) is 0 Å². The van der Waals surface area contributed by atoms with Crippen LogP contribution in [0.25, 0.3) is 0 Å². The Morgan fingerprint density at radius 3 is 2.16 bits per heavy atom. The van der Waals surface area contributed by atoms with Gasteiger partial charge in [-0.1, -0.05) is 18.5 Å². The Morgan fingerprint density at radius 2 is 1.52 bits per heavy atom. The van der Waals surface area contributed by atoms with Crippen molar-refractivity contribution in [1.82, 2.24) is 10.9 Å². The molecule has 0 aliphatic rings. The zero-order valence-corrected chi connectivity index (χ0v) is 14.5. The molecule has 0 aliphatic carbocycles. The Bertz CT molecular complexity index is 702. The van der Waals surface area contributed by atoms with Gasteiger partial charge in [0.1, 0.15) is 11.5 Å². The smallest absolute Gasteiger partial charge is 0.276 e. The summed E-state index contributed by atoms with van der Waals surface area (Å²) in [5.41, 5.74) is 5.02. The van der Waals surface area contributed by atoms with Crippen LogP contribution >= 0.6 is 11.6 Å². The number of amides is 2. The number of nitrogens with one attached hydrogen (secondary N) is 2. The zero-order valence-electron chi connectivity index (χ0n) is 13.8. The SMILES string of the molecule is CCCOc1ccc(C(=O)NNC(=O)COc2ccc(Cl)cc2)cc1. The fraction of sp³-hybridized carbons (Fsp3) is 0.222. The van der Waals surface area contributed by atoms with Crippen LogP contribution in [0.4, 0.5) is 0 Å². The van der Waals surface area contributed by atoms with Crippen molar-refractivity contribution < 1.29 is 19.1 Å². The van der Waals surface area contributed by atoms with Gasteiger partial charge in [0, 0.05) is 10.6 Å². The molecule has 6 nitrogen and oxygen atoms in total. The van der Waals surface area contributed by atoms with Crippen LogP contribution in [0.1, 0.15) is 23.7 Å². The fourth-order valence-corrected chi connectivity index (χ4v) is 1.96. The highest BCUT2D eigenvalue weighted by Gasteiger charge is 2.08. The Hall–Kier alpha value is -2.73. The van der Waals surface area contributed by atoms with Crippen LogP contribution in [0.3, 0.4) is 0 Å². The molecule has 2 amide bonds. The maximum atomic E-state index is 12.0. The van der Waals surface area contributed by atoms with E-state index in [1.54, 1.807) is 48.5 Å². The van der Waals surface area contributed by atoms with E-state index in [1.165, 1.54) is 0 Å². The van der Waals surface area contributed by atoms with E-state index in [0.717, 1.165) is 6.42 Å². The maximum Gasteiger partial charge on any atom is 0.276 e. The third kappa shape index (κ3) is 6.35. The topological polar surface area (TPSA) is 76.7 Å². The van der Waals surface area contributed by atoms with Gasteiger partial charge in [-0.2, -0.15) is 0 Å². The van der Waals surface area contributed by atoms with E-state index < -0.39 is 11.8 Å². The van der Waals surface area contributed by atoms with Crippen LogP contribution in [0.2, 0.25) is 5.02 Å². The van der Waals surface area contributed by atoms with Gasteiger partial charge in [0.25, 0.3) is 11.8 Å². The minimum absolute atomic E-state index is 0.230. The first-order chi connectivity index (χ1) is 12.1. The van der Waals surface area contributed by atoms with Crippen molar-refractivity contribution >= 4 is 23.4 Å². The molecule has 0 atom stereocenters. The van der Waals surface area contributed by atoms with Gasteiger partial charge in [0.05, 0.1) is 6.61 Å². The highest BCUT2D eigenvalue weighted by molar-refractivity contribution is 6.30. The number of ether oxygens (including phenoxy) is 2. The summed E-state index contributed by atoms with van der Waals surface area (Å²) in [4.78, 5) is 23.7. The highest BCUT2D eigenvalue weighted by atomic mass is 35.5. The third-order valence-corrected chi connectivity index (χ3v) is 3.34. The number of halogens is 1. The molecule has 2 aromatic carbocycles. The molecule has 0 fully saturated rings. The zero-order chi connectivity index (χ0) is 18.1. The fourth-order valence-electron chi connectivity index (χ4n) is 1.84. The molecule has 7 heteroatoms. The van der Waals surface area contributed by atoms with Crippen LogP contribution in [0, 0.1) is 0 Å². The molecule has 0 saturated carbocycles. The first-order valence-electron chi connectivity index (χ1n) is 7.79. The molecule has 132 valence electrons. The van der Waals surface area contributed by atoms with Gasteiger partial charge < -0.3 is 9.47 Å². The van der Waals surface area contributed by atoms with Crippen LogP contribution in [-0.2, 0) is 4.79 Å². The first kappa shape index (κ1) is 18.6. The molecule has 25 heavy (non-hydrogen) atoms. The molecule has 0 heterocycles. The Labute approximate surface area is 151 Å². The lowest BCUT2D eigenvalue weighted by atomic mass is 10.2. The summed E-state index contributed by atoms with van der Waals surface area (Å²) < 4.78 is 10.7. The highest BCUT2D eigenvalue weighted by Crippen LogP contribution is 2.15. The van der Waals surface area contributed by atoms with Crippen molar-refractivity contribution in [1.29, 1.82) is 0 Å². The van der Waals surface area contributed by atoms with Crippen LogP contribution in [-0.4, -0.2) is 25.0 Å². The molecule has 0 radical (unpaired) electrons. The van der Waals surface area contributed by atoms with Crippen molar-refractivity contribution in [2.45, 2.75) is 13.3 Å². The molecule has 0 spiro atoms. The quantitative estimate of drug-likeness (QED) is 0.742. The Kier molecular flexibility index (Phi) is 7.10. The summed E-state index contributed by atoms with van der Waals surface area (Å²) in [5.74, 6) is 0.292. The second kappa shape index (κ2) is 9.54. The number of carbonyl (C=O) groups is 2.